The van der Waals surface area contributed by atoms with Gasteiger partial charge in [-0.2, -0.15) is 0 Å². The highest BCUT2D eigenvalue weighted by Gasteiger charge is 2.28. The van der Waals surface area contributed by atoms with Crippen LogP contribution in [0.15, 0.2) is 18.3 Å². The van der Waals surface area contributed by atoms with Crippen LogP contribution in [0.1, 0.15) is 13.3 Å². The molecular formula is C11H14FN3O. The molecule has 1 aromatic heterocycles. The number of carbonyl (C=O) groups is 1. The van der Waals surface area contributed by atoms with Gasteiger partial charge in [-0.1, -0.05) is 0 Å². The number of carbonyl (C=O) groups excluding carboxylic acids is 1. The third-order valence-corrected chi connectivity index (χ3v) is 2.68. The zero-order valence-corrected chi connectivity index (χ0v) is 9.11. The van der Waals surface area contributed by atoms with E-state index in [4.69, 9.17) is 0 Å². The Labute approximate surface area is 93.5 Å². The molecule has 1 atom stereocenters. The molecule has 1 amide bonds. The molecule has 0 bridgehead atoms. The van der Waals surface area contributed by atoms with Gasteiger partial charge in [0.25, 0.3) is 0 Å². The number of hydrogen-bond donors (Lipinski definition) is 1. The van der Waals surface area contributed by atoms with Crippen molar-refractivity contribution in [2.45, 2.75) is 19.4 Å². The smallest absolute Gasteiger partial charge is 0.224 e. The van der Waals surface area contributed by atoms with Crippen molar-refractivity contribution in [1.82, 2.24) is 9.88 Å². The fourth-order valence-electron chi connectivity index (χ4n) is 1.84. The van der Waals surface area contributed by atoms with Crippen molar-refractivity contribution in [1.29, 1.82) is 0 Å². The number of nitrogens with one attached hydrogen (secondary N) is 1. The van der Waals surface area contributed by atoms with Gasteiger partial charge in [0.1, 0.15) is 11.6 Å². The molecule has 1 aliphatic rings. The standard InChI is InChI=1S/C11H14FN3O/c1-2-15-7-9(5-11(15)16)14-10-4-3-8(12)6-13-10/h3-4,6,9H,2,5,7H2,1H3,(H,13,14)/t9-/m0/s1. The summed E-state index contributed by atoms with van der Waals surface area (Å²) in [6.45, 7) is 3.37. The van der Waals surface area contributed by atoms with Crippen LogP contribution in [-0.2, 0) is 4.79 Å². The van der Waals surface area contributed by atoms with Crippen molar-refractivity contribution in [3.8, 4) is 0 Å². The van der Waals surface area contributed by atoms with Gasteiger partial charge in [0.05, 0.1) is 12.2 Å². The first-order valence-corrected chi connectivity index (χ1v) is 5.35. The first-order valence-electron chi connectivity index (χ1n) is 5.35. The van der Waals surface area contributed by atoms with Gasteiger partial charge in [-0.25, -0.2) is 9.37 Å². The minimum atomic E-state index is -0.358. The molecular weight excluding hydrogens is 209 g/mol. The summed E-state index contributed by atoms with van der Waals surface area (Å²) in [4.78, 5) is 17.2. The van der Waals surface area contributed by atoms with E-state index in [0.29, 0.717) is 18.8 Å². The second-order valence-electron chi connectivity index (χ2n) is 3.84. The summed E-state index contributed by atoms with van der Waals surface area (Å²) in [5.74, 6) is 0.405. The van der Waals surface area contributed by atoms with E-state index in [1.165, 1.54) is 6.07 Å². The summed E-state index contributed by atoms with van der Waals surface area (Å²) < 4.78 is 12.6. The third-order valence-electron chi connectivity index (χ3n) is 2.68. The maximum atomic E-state index is 12.6. The van der Waals surface area contributed by atoms with Crippen LogP contribution in [0.5, 0.6) is 0 Å². The van der Waals surface area contributed by atoms with E-state index in [-0.39, 0.29) is 17.8 Å². The summed E-state index contributed by atoms with van der Waals surface area (Å²) in [5.41, 5.74) is 0. The summed E-state index contributed by atoms with van der Waals surface area (Å²) in [6.07, 6.45) is 1.64. The Hall–Kier alpha value is -1.65. The normalized spacial score (nSPS) is 20.2. The van der Waals surface area contributed by atoms with Crippen LogP contribution < -0.4 is 5.32 Å². The lowest BCUT2D eigenvalue weighted by atomic mass is 10.2. The fourth-order valence-corrected chi connectivity index (χ4v) is 1.84. The maximum Gasteiger partial charge on any atom is 0.224 e. The molecule has 86 valence electrons. The minimum Gasteiger partial charge on any atom is -0.365 e. The first-order chi connectivity index (χ1) is 7.69. The Kier molecular flexibility index (Phi) is 3.03. The quantitative estimate of drug-likeness (QED) is 0.839. The molecule has 0 aromatic carbocycles. The maximum absolute atomic E-state index is 12.6. The van der Waals surface area contributed by atoms with Crippen molar-refractivity contribution in [2.24, 2.45) is 0 Å². The highest BCUT2D eigenvalue weighted by molar-refractivity contribution is 5.79. The number of likely N-dealkylation sites (N-methyl/N-ethyl adjacent to an activating group) is 1. The molecule has 2 heterocycles. The average Bonchev–Trinajstić information content (AvgIpc) is 2.62. The molecule has 16 heavy (non-hydrogen) atoms. The summed E-state index contributed by atoms with van der Waals surface area (Å²) in [7, 11) is 0. The Morgan fingerprint density at radius 2 is 2.44 bits per heavy atom. The largest absolute Gasteiger partial charge is 0.365 e. The average molecular weight is 223 g/mol. The second kappa shape index (κ2) is 4.47. The number of pyridine rings is 1. The Bertz CT molecular complexity index is 379. The first kappa shape index (κ1) is 10.9. The molecule has 1 N–H and O–H groups in total. The predicted octanol–water partition coefficient (Wildman–Crippen LogP) is 1.25. The molecule has 0 aliphatic carbocycles. The van der Waals surface area contributed by atoms with E-state index >= 15 is 0 Å². The lowest BCUT2D eigenvalue weighted by molar-refractivity contribution is -0.127. The van der Waals surface area contributed by atoms with Gasteiger partial charge in [0.15, 0.2) is 0 Å². The molecule has 0 radical (unpaired) electrons. The number of halogens is 1. The van der Waals surface area contributed by atoms with Crippen molar-refractivity contribution in [2.75, 3.05) is 18.4 Å². The number of likely N-dealkylation sites (tertiary alicyclic amines) is 1. The number of nitrogens with zero attached hydrogens (tertiary/aromatic N) is 2. The molecule has 4 nitrogen and oxygen atoms in total. The monoisotopic (exact) mass is 223 g/mol. The highest BCUT2D eigenvalue weighted by atomic mass is 19.1. The van der Waals surface area contributed by atoms with Crippen molar-refractivity contribution in [3.63, 3.8) is 0 Å². The molecule has 5 heteroatoms. The molecule has 1 saturated heterocycles. The van der Waals surface area contributed by atoms with Crippen LogP contribution in [0.2, 0.25) is 0 Å². The zero-order valence-electron chi connectivity index (χ0n) is 9.11. The minimum absolute atomic E-state index is 0.0745. The number of rotatable bonds is 3. The number of hydrogen-bond acceptors (Lipinski definition) is 3. The molecule has 0 spiro atoms. The Balaban J connectivity index is 1.96. The van der Waals surface area contributed by atoms with E-state index < -0.39 is 0 Å². The summed E-state index contributed by atoms with van der Waals surface area (Å²) in [6, 6.07) is 3.00. The van der Waals surface area contributed by atoms with Crippen LogP contribution in [0, 0.1) is 5.82 Å². The third kappa shape index (κ3) is 2.29. The SMILES string of the molecule is CCN1C[C@@H](Nc2ccc(F)cn2)CC1=O. The van der Waals surface area contributed by atoms with Crippen LogP contribution in [0.25, 0.3) is 0 Å². The lowest BCUT2D eigenvalue weighted by Gasteiger charge is -2.14. The van der Waals surface area contributed by atoms with Crippen LogP contribution in [0.4, 0.5) is 10.2 Å². The van der Waals surface area contributed by atoms with E-state index in [1.807, 2.05) is 6.92 Å². The van der Waals surface area contributed by atoms with Gasteiger partial charge >= 0.3 is 0 Å². The Morgan fingerprint density at radius 1 is 1.62 bits per heavy atom. The topological polar surface area (TPSA) is 45.2 Å². The molecule has 2 rings (SSSR count). The zero-order chi connectivity index (χ0) is 11.5. The molecule has 1 aromatic rings. The Morgan fingerprint density at radius 3 is 3.00 bits per heavy atom. The number of anilines is 1. The highest BCUT2D eigenvalue weighted by Crippen LogP contribution is 2.15. The summed E-state index contributed by atoms with van der Waals surface area (Å²) in [5, 5.41) is 3.12. The van der Waals surface area contributed by atoms with Crippen LogP contribution in [0.3, 0.4) is 0 Å². The van der Waals surface area contributed by atoms with Crippen LogP contribution >= 0.6 is 0 Å². The number of aromatic nitrogens is 1. The van der Waals surface area contributed by atoms with E-state index in [9.17, 15) is 9.18 Å². The van der Waals surface area contributed by atoms with Crippen molar-refractivity contribution >= 4 is 11.7 Å². The van der Waals surface area contributed by atoms with E-state index in [0.717, 1.165) is 12.7 Å². The molecule has 1 aliphatic heterocycles. The van der Waals surface area contributed by atoms with Crippen LogP contribution in [-0.4, -0.2) is 34.9 Å². The lowest BCUT2D eigenvalue weighted by Crippen LogP contribution is -2.27. The van der Waals surface area contributed by atoms with Gasteiger partial charge in [-0.05, 0) is 19.1 Å². The van der Waals surface area contributed by atoms with Gasteiger partial charge in [-0.3, -0.25) is 4.79 Å². The molecule has 0 saturated carbocycles. The summed E-state index contributed by atoms with van der Waals surface area (Å²) >= 11 is 0. The van der Waals surface area contributed by atoms with Gasteiger partial charge in [-0.15, -0.1) is 0 Å². The van der Waals surface area contributed by atoms with Crippen molar-refractivity contribution in [3.05, 3.63) is 24.1 Å². The molecule has 1 fully saturated rings. The fraction of sp³-hybridized carbons (Fsp3) is 0.455. The van der Waals surface area contributed by atoms with Gasteiger partial charge in [0.2, 0.25) is 5.91 Å². The molecule has 0 unspecified atom stereocenters. The number of amides is 1. The van der Waals surface area contributed by atoms with E-state index in [2.05, 4.69) is 10.3 Å². The van der Waals surface area contributed by atoms with Crippen molar-refractivity contribution < 1.29 is 9.18 Å². The second-order valence-corrected chi connectivity index (χ2v) is 3.84. The predicted molar refractivity (Wildman–Crippen MR) is 58.5 cm³/mol. The van der Waals surface area contributed by atoms with E-state index in [1.54, 1.807) is 11.0 Å². The van der Waals surface area contributed by atoms with Gasteiger partial charge < -0.3 is 10.2 Å². The van der Waals surface area contributed by atoms with Gasteiger partial charge in [0, 0.05) is 19.5 Å².